The van der Waals surface area contributed by atoms with Gasteiger partial charge in [0.2, 0.25) is 0 Å². The molecule has 2 nitrogen and oxygen atoms in total. The van der Waals surface area contributed by atoms with E-state index in [1.165, 1.54) is 36.8 Å². The van der Waals surface area contributed by atoms with E-state index in [9.17, 15) is 0 Å². The van der Waals surface area contributed by atoms with Crippen molar-refractivity contribution in [2.45, 2.75) is 52.1 Å². The Morgan fingerprint density at radius 2 is 2.11 bits per heavy atom. The Bertz CT molecular complexity index is 400. The normalized spacial score (nSPS) is 24.4. The summed E-state index contributed by atoms with van der Waals surface area (Å²) in [6.07, 6.45) is 5.48. The molecule has 1 aliphatic carbocycles. The van der Waals surface area contributed by atoms with E-state index in [2.05, 4.69) is 44.0 Å². The van der Waals surface area contributed by atoms with Gasteiger partial charge in [0, 0.05) is 18.3 Å². The van der Waals surface area contributed by atoms with E-state index in [1.54, 1.807) is 0 Å². The zero-order chi connectivity index (χ0) is 13.1. The van der Waals surface area contributed by atoms with Crippen LogP contribution >= 0.6 is 0 Å². The zero-order valence-corrected chi connectivity index (χ0v) is 11.9. The fourth-order valence-corrected chi connectivity index (χ4v) is 3.01. The molecular formula is C16H26N2. The number of hydrogen-bond donors (Lipinski definition) is 1. The lowest BCUT2D eigenvalue weighted by Gasteiger charge is -2.34. The number of aryl methyl sites for hydroxylation is 1. The molecule has 0 aliphatic heterocycles. The van der Waals surface area contributed by atoms with Crippen molar-refractivity contribution in [1.29, 1.82) is 0 Å². The van der Waals surface area contributed by atoms with Crippen LogP contribution in [0.1, 0.15) is 43.7 Å². The molecule has 0 saturated heterocycles. The summed E-state index contributed by atoms with van der Waals surface area (Å²) < 4.78 is 0. The summed E-state index contributed by atoms with van der Waals surface area (Å²) in [5.41, 5.74) is 9.40. The molecule has 0 aromatic heterocycles. The Labute approximate surface area is 111 Å². The number of nitrogens with two attached hydrogens (primary N) is 1. The van der Waals surface area contributed by atoms with Crippen LogP contribution < -0.4 is 5.73 Å². The van der Waals surface area contributed by atoms with Gasteiger partial charge < -0.3 is 5.73 Å². The van der Waals surface area contributed by atoms with Crippen molar-refractivity contribution in [2.75, 3.05) is 12.8 Å². The molecule has 0 spiro atoms. The van der Waals surface area contributed by atoms with Gasteiger partial charge in [-0.2, -0.15) is 0 Å². The smallest absolute Gasteiger partial charge is 0.0346 e. The monoisotopic (exact) mass is 246 g/mol. The van der Waals surface area contributed by atoms with Crippen LogP contribution in [0.4, 0.5) is 5.69 Å². The van der Waals surface area contributed by atoms with E-state index in [0.29, 0.717) is 0 Å². The van der Waals surface area contributed by atoms with Crippen LogP contribution in [-0.4, -0.2) is 18.0 Å². The van der Waals surface area contributed by atoms with Gasteiger partial charge >= 0.3 is 0 Å². The van der Waals surface area contributed by atoms with Crippen LogP contribution in [0.25, 0.3) is 0 Å². The van der Waals surface area contributed by atoms with Gasteiger partial charge in [0.25, 0.3) is 0 Å². The zero-order valence-electron chi connectivity index (χ0n) is 11.9. The van der Waals surface area contributed by atoms with E-state index in [4.69, 9.17) is 5.73 Å². The molecule has 0 heterocycles. The lowest BCUT2D eigenvalue weighted by Crippen LogP contribution is -2.35. The van der Waals surface area contributed by atoms with Crippen molar-refractivity contribution in [3.8, 4) is 0 Å². The maximum atomic E-state index is 5.98. The lowest BCUT2D eigenvalue weighted by atomic mass is 9.86. The average Bonchev–Trinajstić information content (AvgIpc) is 2.34. The maximum absolute atomic E-state index is 5.98. The van der Waals surface area contributed by atoms with Gasteiger partial charge in [0.15, 0.2) is 0 Å². The van der Waals surface area contributed by atoms with Crippen LogP contribution in [0.5, 0.6) is 0 Å². The molecule has 0 radical (unpaired) electrons. The predicted molar refractivity (Wildman–Crippen MR) is 78.5 cm³/mol. The van der Waals surface area contributed by atoms with E-state index in [-0.39, 0.29) is 0 Å². The van der Waals surface area contributed by atoms with Gasteiger partial charge in [-0.05, 0) is 49.9 Å². The molecule has 1 saturated carbocycles. The fourth-order valence-electron chi connectivity index (χ4n) is 3.01. The van der Waals surface area contributed by atoms with Gasteiger partial charge in [0.1, 0.15) is 0 Å². The van der Waals surface area contributed by atoms with E-state index in [1.807, 2.05) is 0 Å². The molecule has 18 heavy (non-hydrogen) atoms. The highest BCUT2D eigenvalue weighted by molar-refractivity contribution is 5.48. The predicted octanol–water partition coefficient (Wildman–Crippen LogP) is 3.59. The standard InChI is InChI=1S/C16H26N2/c1-12-5-4-6-15(9-12)18(3)11-14-8-7-13(2)16(17)10-14/h7-8,10,12,15H,4-6,9,11,17H2,1-3H3. The van der Waals surface area contributed by atoms with Gasteiger partial charge in [0.05, 0.1) is 0 Å². The minimum Gasteiger partial charge on any atom is -0.399 e. The van der Waals surface area contributed by atoms with Crippen LogP contribution in [0.15, 0.2) is 18.2 Å². The van der Waals surface area contributed by atoms with Gasteiger partial charge in [-0.3, -0.25) is 4.90 Å². The molecule has 2 N–H and O–H groups in total. The third-order valence-electron chi connectivity index (χ3n) is 4.31. The SMILES string of the molecule is Cc1ccc(CN(C)C2CCCC(C)C2)cc1N. The summed E-state index contributed by atoms with van der Waals surface area (Å²) in [6.45, 7) is 5.46. The Balaban J connectivity index is 1.97. The molecule has 1 aliphatic rings. The lowest BCUT2D eigenvalue weighted by molar-refractivity contribution is 0.158. The highest BCUT2D eigenvalue weighted by atomic mass is 15.1. The minimum absolute atomic E-state index is 0.747. The minimum atomic E-state index is 0.747. The molecule has 0 bridgehead atoms. The number of nitrogen functional groups attached to an aromatic ring is 1. The summed E-state index contributed by atoms with van der Waals surface area (Å²) >= 11 is 0. The van der Waals surface area contributed by atoms with Crippen molar-refractivity contribution < 1.29 is 0 Å². The molecule has 1 aromatic rings. The molecule has 2 heteroatoms. The molecular weight excluding hydrogens is 220 g/mol. The Kier molecular flexibility index (Phi) is 4.28. The fraction of sp³-hybridized carbons (Fsp3) is 0.625. The van der Waals surface area contributed by atoms with Crippen LogP contribution in [0, 0.1) is 12.8 Å². The first-order chi connectivity index (χ1) is 8.56. The topological polar surface area (TPSA) is 29.3 Å². The number of nitrogens with zero attached hydrogens (tertiary/aromatic N) is 1. The van der Waals surface area contributed by atoms with Gasteiger partial charge in [-0.15, -0.1) is 0 Å². The Hall–Kier alpha value is -1.02. The quantitative estimate of drug-likeness (QED) is 0.826. The molecule has 0 amide bonds. The van der Waals surface area contributed by atoms with Crippen LogP contribution in [-0.2, 0) is 6.54 Å². The number of anilines is 1. The third kappa shape index (κ3) is 3.26. The number of rotatable bonds is 3. The number of benzene rings is 1. The maximum Gasteiger partial charge on any atom is 0.0346 e. The second-order valence-corrected chi connectivity index (χ2v) is 6.03. The first-order valence-corrected chi connectivity index (χ1v) is 7.11. The van der Waals surface area contributed by atoms with E-state index >= 15 is 0 Å². The highest BCUT2D eigenvalue weighted by Crippen LogP contribution is 2.27. The summed E-state index contributed by atoms with van der Waals surface area (Å²) in [5.74, 6) is 0.884. The largest absolute Gasteiger partial charge is 0.399 e. The van der Waals surface area contributed by atoms with Crippen molar-refractivity contribution in [3.63, 3.8) is 0 Å². The average molecular weight is 246 g/mol. The van der Waals surface area contributed by atoms with E-state index < -0.39 is 0 Å². The first kappa shape index (κ1) is 13.4. The Morgan fingerprint density at radius 3 is 2.78 bits per heavy atom. The molecule has 2 unspecified atom stereocenters. The van der Waals surface area contributed by atoms with Crippen molar-refractivity contribution >= 4 is 5.69 Å². The van der Waals surface area contributed by atoms with Crippen molar-refractivity contribution in [2.24, 2.45) is 5.92 Å². The second-order valence-electron chi connectivity index (χ2n) is 6.03. The third-order valence-corrected chi connectivity index (χ3v) is 4.31. The first-order valence-electron chi connectivity index (χ1n) is 7.11. The second kappa shape index (κ2) is 5.75. The van der Waals surface area contributed by atoms with Gasteiger partial charge in [-0.1, -0.05) is 31.9 Å². The van der Waals surface area contributed by atoms with Crippen LogP contribution in [0.2, 0.25) is 0 Å². The summed E-state index contributed by atoms with van der Waals surface area (Å²) in [5, 5.41) is 0. The molecule has 1 aromatic carbocycles. The van der Waals surface area contributed by atoms with Crippen molar-refractivity contribution in [3.05, 3.63) is 29.3 Å². The van der Waals surface area contributed by atoms with Crippen LogP contribution in [0.3, 0.4) is 0 Å². The number of hydrogen-bond acceptors (Lipinski definition) is 2. The highest BCUT2D eigenvalue weighted by Gasteiger charge is 2.22. The summed E-state index contributed by atoms with van der Waals surface area (Å²) in [4.78, 5) is 2.50. The summed E-state index contributed by atoms with van der Waals surface area (Å²) in [7, 11) is 2.25. The molecule has 2 atom stereocenters. The van der Waals surface area contributed by atoms with Crippen molar-refractivity contribution in [1.82, 2.24) is 4.90 Å². The van der Waals surface area contributed by atoms with E-state index in [0.717, 1.165) is 24.2 Å². The Morgan fingerprint density at radius 1 is 1.33 bits per heavy atom. The summed E-state index contributed by atoms with van der Waals surface area (Å²) in [6, 6.07) is 7.20. The molecule has 1 fully saturated rings. The molecule has 100 valence electrons. The molecule has 2 rings (SSSR count). The van der Waals surface area contributed by atoms with Gasteiger partial charge in [-0.25, -0.2) is 0 Å².